The van der Waals surface area contributed by atoms with Crippen LogP contribution in [0.3, 0.4) is 0 Å². The van der Waals surface area contributed by atoms with E-state index in [1.165, 1.54) is 0 Å². The number of likely N-dealkylation sites (tertiary alicyclic amines) is 1. The van der Waals surface area contributed by atoms with Gasteiger partial charge < -0.3 is 73.4 Å². The zero-order valence-electron chi connectivity index (χ0n) is 53.6. The first-order valence-corrected chi connectivity index (χ1v) is 31.8. The molecule has 15 N–H and O–H groups in total. The van der Waals surface area contributed by atoms with Gasteiger partial charge in [0.1, 0.15) is 61.3 Å². The van der Waals surface area contributed by atoms with Crippen molar-refractivity contribution in [3.05, 3.63) is 174 Å². The van der Waals surface area contributed by atoms with Crippen molar-refractivity contribution in [1.82, 2.24) is 52.4 Å². The molecule has 1 aliphatic heterocycles. The molecule has 26 heteroatoms. The SMILES string of the molecule is CCN1CCC[C@H]1C(=O)NC(=O)[C@H](CCCN=C(N)N)NC(=O)[C@H](CC(C)C)NC(=O)[C@@H](Cc1ccccc1)NC(=O)[C@H](Cc1ccc(OCc2ccccc2)cc1)NC(=O)[C@H](CO)NC(=O)[C@H](Cc1c[nH]c2ccccc12)NC(=O)[C@H](CO)NC(=O)OCc1ccccc1. The predicted octanol–water partition coefficient (Wildman–Crippen LogP) is 2.19. The van der Waals surface area contributed by atoms with E-state index in [0.29, 0.717) is 58.4 Å². The Morgan fingerprint density at radius 2 is 1.05 bits per heavy atom. The lowest BCUT2D eigenvalue weighted by atomic mass is 9.99. The number of rotatable bonds is 35. The quantitative estimate of drug-likeness (QED) is 0.0154. The van der Waals surface area contributed by atoms with Gasteiger partial charge in [0.15, 0.2) is 5.96 Å². The Morgan fingerprint density at radius 1 is 0.568 bits per heavy atom. The molecular weight excluding hydrogens is 1220 g/mol. The maximum absolute atomic E-state index is 15.1. The summed E-state index contributed by atoms with van der Waals surface area (Å²) < 4.78 is 11.3. The van der Waals surface area contributed by atoms with Crippen molar-refractivity contribution in [1.29, 1.82) is 0 Å². The third kappa shape index (κ3) is 22.8. The molecule has 0 bridgehead atoms. The van der Waals surface area contributed by atoms with Crippen LogP contribution in [0.4, 0.5) is 4.79 Å². The number of aromatic amines is 1. The number of alkyl carbamates (subject to hydrolysis) is 1. The number of nitrogens with one attached hydrogen (secondary N) is 9. The van der Waals surface area contributed by atoms with E-state index in [4.69, 9.17) is 20.9 Å². The van der Waals surface area contributed by atoms with Crippen molar-refractivity contribution in [3.8, 4) is 5.75 Å². The maximum Gasteiger partial charge on any atom is 0.408 e. The number of benzene rings is 5. The molecule has 506 valence electrons. The lowest BCUT2D eigenvalue weighted by Crippen LogP contribution is -2.61. The third-order valence-corrected chi connectivity index (χ3v) is 15.9. The van der Waals surface area contributed by atoms with Crippen LogP contribution >= 0.6 is 0 Å². The molecule has 1 fully saturated rings. The number of imide groups is 1. The number of fused-ring (bicyclic) bond motifs is 1. The van der Waals surface area contributed by atoms with Gasteiger partial charge in [0, 0.05) is 42.9 Å². The number of aromatic nitrogens is 1. The molecule has 95 heavy (non-hydrogen) atoms. The number of guanidine groups is 1. The Balaban J connectivity index is 1.13. The number of likely N-dealkylation sites (N-methyl/N-ethyl adjacent to an activating group) is 1. The minimum absolute atomic E-state index is 0.0106. The second-order valence-electron chi connectivity index (χ2n) is 23.6. The summed E-state index contributed by atoms with van der Waals surface area (Å²) in [5, 5.41) is 42.8. The number of aliphatic imine (C=N–C) groups is 1. The topological polar surface area (TPSA) is 392 Å². The van der Waals surface area contributed by atoms with Gasteiger partial charge in [0.25, 0.3) is 0 Å². The van der Waals surface area contributed by atoms with Crippen LogP contribution < -0.4 is 58.7 Å². The Hall–Kier alpha value is -10.2. The van der Waals surface area contributed by atoms with E-state index in [1.807, 2.05) is 56.0 Å². The van der Waals surface area contributed by atoms with Crippen LogP contribution in [0.2, 0.25) is 0 Å². The zero-order chi connectivity index (χ0) is 68.2. The van der Waals surface area contributed by atoms with Crippen LogP contribution in [0.5, 0.6) is 5.75 Å². The standard InChI is InChI=1S/C69H87N13O13/c1-4-82-33-17-27-59(82)67(92)81-60(85)52(26-16-32-72-68(70)71)74-61(86)53(34-43(2)3)75-62(87)54(35-44-18-8-5-9-19-44)76-63(88)55(36-45-28-30-49(31-29-45)94-41-46-20-10-6-11-21-46)77-65(90)57(39-83)79-64(89)56(37-48-38-73-51-25-15-14-24-50(48)51)78-66(91)58(40-84)80-69(93)95-42-47-22-12-7-13-23-47/h5-15,18-25,28-31,38,43,52-59,73,83-84H,4,16-17,26-27,32-37,39-42H2,1-3H3,(H,74,86)(H,75,87)(H,76,88)(H,77,90)(H,78,91)(H,79,89)(H,80,93)(H4,70,71,72)(H,81,85,92)/t52-,53-,54+,55-,56-,57-,58-,59-/m0/s1. The molecule has 9 amide bonds. The first-order chi connectivity index (χ1) is 45.8. The summed E-state index contributed by atoms with van der Waals surface area (Å²) in [6.07, 6.45) is 1.65. The van der Waals surface area contributed by atoms with Gasteiger partial charge in [-0.2, -0.15) is 0 Å². The highest BCUT2D eigenvalue weighted by Crippen LogP contribution is 2.21. The van der Waals surface area contributed by atoms with E-state index in [1.54, 1.807) is 115 Å². The number of aliphatic hydroxyl groups is 2. The third-order valence-electron chi connectivity index (χ3n) is 15.9. The van der Waals surface area contributed by atoms with Gasteiger partial charge >= 0.3 is 6.09 Å². The number of aliphatic hydroxyl groups excluding tert-OH is 2. The van der Waals surface area contributed by atoms with Crippen molar-refractivity contribution in [2.45, 2.75) is 134 Å². The maximum atomic E-state index is 15.1. The van der Waals surface area contributed by atoms with Crippen molar-refractivity contribution >= 4 is 70.2 Å². The summed E-state index contributed by atoms with van der Waals surface area (Å²) in [7, 11) is 0. The van der Waals surface area contributed by atoms with Gasteiger partial charge in [-0.25, -0.2) is 4.79 Å². The van der Waals surface area contributed by atoms with Crippen LogP contribution in [0.1, 0.15) is 80.7 Å². The number of amides is 9. The van der Waals surface area contributed by atoms with Crippen LogP contribution in [-0.2, 0) is 75.6 Å². The molecule has 7 rings (SSSR count). The van der Waals surface area contributed by atoms with Gasteiger partial charge in [-0.3, -0.25) is 53.6 Å². The minimum Gasteiger partial charge on any atom is -0.489 e. The van der Waals surface area contributed by atoms with E-state index < -0.39 is 115 Å². The Kier molecular flexibility index (Phi) is 28.1. The first-order valence-electron chi connectivity index (χ1n) is 31.8. The first kappa shape index (κ1) is 72.2. The van der Waals surface area contributed by atoms with Gasteiger partial charge in [0.05, 0.1) is 19.3 Å². The van der Waals surface area contributed by atoms with Crippen LogP contribution in [0, 0.1) is 5.92 Å². The monoisotopic (exact) mass is 1310 g/mol. The Bertz CT molecular complexity index is 3540. The number of carbonyl (C=O) groups is 9. The van der Waals surface area contributed by atoms with E-state index in [-0.39, 0.29) is 70.2 Å². The van der Waals surface area contributed by atoms with E-state index in [0.717, 1.165) is 12.0 Å². The Morgan fingerprint density at radius 3 is 1.62 bits per heavy atom. The molecule has 26 nitrogen and oxygen atoms in total. The summed E-state index contributed by atoms with van der Waals surface area (Å²) in [4.78, 5) is 137. The van der Waals surface area contributed by atoms with E-state index in [9.17, 15) is 48.6 Å². The van der Waals surface area contributed by atoms with Crippen molar-refractivity contribution < 1.29 is 62.8 Å². The van der Waals surface area contributed by atoms with Crippen molar-refractivity contribution in [2.24, 2.45) is 22.4 Å². The largest absolute Gasteiger partial charge is 0.489 e. The number of nitrogens with zero attached hydrogens (tertiary/aromatic N) is 2. The van der Waals surface area contributed by atoms with Gasteiger partial charge in [-0.1, -0.05) is 142 Å². The minimum atomic E-state index is -1.78. The fraction of sp³-hybridized carbons (Fsp3) is 0.391. The number of H-pyrrole nitrogens is 1. The number of para-hydroxylation sites is 1. The molecule has 6 aromatic rings. The molecule has 1 aromatic heterocycles. The molecule has 0 spiro atoms. The van der Waals surface area contributed by atoms with Gasteiger partial charge in [-0.15, -0.1) is 0 Å². The summed E-state index contributed by atoms with van der Waals surface area (Å²) in [5.74, 6) is -6.66. The second-order valence-corrected chi connectivity index (χ2v) is 23.6. The fourth-order valence-corrected chi connectivity index (χ4v) is 10.9. The van der Waals surface area contributed by atoms with Gasteiger partial charge in [-0.05, 0) is 97.1 Å². The number of carbonyl (C=O) groups excluding carboxylic acids is 9. The highest BCUT2D eigenvalue weighted by molar-refractivity contribution is 6.02. The molecule has 1 aliphatic rings. The van der Waals surface area contributed by atoms with Crippen LogP contribution in [0.25, 0.3) is 10.9 Å². The lowest BCUT2D eigenvalue weighted by Gasteiger charge is -2.28. The molecule has 0 saturated carbocycles. The van der Waals surface area contributed by atoms with Gasteiger partial charge in [0.2, 0.25) is 47.3 Å². The summed E-state index contributed by atoms with van der Waals surface area (Å²) >= 11 is 0. The predicted molar refractivity (Wildman–Crippen MR) is 355 cm³/mol. The molecule has 0 radical (unpaired) electrons. The van der Waals surface area contributed by atoms with E-state index >= 15 is 4.79 Å². The molecular formula is C69H87N13O13. The normalized spacial score (nSPS) is 15.1. The number of hydrogen-bond acceptors (Lipinski definition) is 15. The summed E-state index contributed by atoms with van der Waals surface area (Å²) in [6.45, 7) is 5.14. The number of hydrogen-bond donors (Lipinski definition) is 13. The van der Waals surface area contributed by atoms with Crippen LogP contribution in [0.15, 0.2) is 151 Å². The smallest absolute Gasteiger partial charge is 0.408 e. The highest BCUT2D eigenvalue weighted by Gasteiger charge is 2.37. The molecule has 5 aromatic carbocycles. The van der Waals surface area contributed by atoms with Crippen molar-refractivity contribution in [2.75, 3.05) is 32.8 Å². The fourth-order valence-electron chi connectivity index (χ4n) is 10.9. The molecule has 0 aliphatic carbocycles. The Labute approximate surface area is 551 Å². The number of nitrogens with two attached hydrogens (primary N) is 2. The van der Waals surface area contributed by atoms with Crippen LogP contribution in [-0.4, -0.2) is 161 Å². The lowest BCUT2D eigenvalue weighted by molar-refractivity contribution is -0.137. The molecule has 0 unspecified atom stereocenters. The molecule has 1 saturated heterocycles. The second kappa shape index (κ2) is 36.9. The zero-order valence-corrected chi connectivity index (χ0v) is 53.6. The van der Waals surface area contributed by atoms with Crippen molar-refractivity contribution in [3.63, 3.8) is 0 Å². The summed E-state index contributed by atoms with van der Waals surface area (Å²) in [6, 6.07) is 29.8. The molecule has 2 heterocycles. The average Bonchev–Trinajstić information content (AvgIpc) is 1.77. The number of ether oxygens (including phenoxy) is 2. The molecule has 8 atom stereocenters. The van der Waals surface area contributed by atoms with E-state index in [2.05, 4.69) is 52.5 Å². The summed E-state index contributed by atoms with van der Waals surface area (Å²) in [5.41, 5.74) is 15.0. The highest BCUT2D eigenvalue weighted by atomic mass is 16.5. The average molecular weight is 1310 g/mol.